The highest BCUT2D eigenvalue weighted by molar-refractivity contribution is 5.77. The van der Waals surface area contributed by atoms with Crippen LogP contribution in [0, 0.1) is 0 Å². The van der Waals surface area contributed by atoms with Crippen LogP contribution in [0.4, 0.5) is 0 Å². The molecule has 1 fully saturated rings. The van der Waals surface area contributed by atoms with Gasteiger partial charge in [-0.05, 0) is 6.92 Å². The Morgan fingerprint density at radius 3 is 2.43 bits per heavy atom. The van der Waals surface area contributed by atoms with Crippen LogP contribution in [0.5, 0.6) is 0 Å². The van der Waals surface area contributed by atoms with Crippen LogP contribution in [0.3, 0.4) is 0 Å². The van der Waals surface area contributed by atoms with E-state index in [2.05, 4.69) is 5.32 Å². The topological polar surface area (TPSA) is 166 Å². The number of aliphatic hydroxyl groups excluding tert-OH is 4. The normalized spacial score (nSPS) is 34.2. The molecule has 0 aromatic rings. The molecular formula is C11H19NO9. The Morgan fingerprint density at radius 1 is 1.33 bits per heavy atom. The maximum atomic E-state index is 11.2. The number of aliphatic hydroxyl groups is 4. The number of amides is 1. The summed E-state index contributed by atoms with van der Waals surface area (Å²) in [5.74, 6) is -2.18. The fourth-order valence-corrected chi connectivity index (χ4v) is 1.93. The molecule has 10 heteroatoms. The molecule has 1 unspecified atom stereocenters. The first-order valence-electron chi connectivity index (χ1n) is 6.22. The van der Waals surface area contributed by atoms with Crippen LogP contribution in [0.25, 0.3) is 0 Å². The molecule has 1 heterocycles. The second-order valence-corrected chi connectivity index (χ2v) is 4.57. The SMILES string of the molecule is C[C@@H](O[C@H]1[C@H](O)[C@@H](CO)OC(O)[C@@H]1NC(=O)CO)C(=O)O. The van der Waals surface area contributed by atoms with Crippen LogP contribution in [0.15, 0.2) is 0 Å². The predicted molar refractivity (Wildman–Crippen MR) is 65.0 cm³/mol. The summed E-state index contributed by atoms with van der Waals surface area (Å²) in [7, 11) is 0. The van der Waals surface area contributed by atoms with Crippen LogP contribution in [-0.2, 0) is 19.1 Å². The lowest BCUT2D eigenvalue weighted by molar-refractivity contribution is -0.267. The number of carbonyl (C=O) groups is 2. The lowest BCUT2D eigenvalue weighted by Gasteiger charge is -2.42. The van der Waals surface area contributed by atoms with Gasteiger partial charge in [-0.2, -0.15) is 0 Å². The van der Waals surface area contributed by atoms with Crippen molar-refractivity contribution in [1.82, 2.24) is 5.32 Å². The molecule has 1 aliphatic rings. The minimum Gasteiger partial charge on any atom is -0.479 e. The second-order valence-electron chi connectivity index (χ2n) is 4.57. The van der Waals surface area contributed by atoms with Crippen molar-refractivity contribution in [3.05, 3.63) is 0 Å². The molecule has 0 aromatic carbocycles. The standard InChI is InChI=1S/C11H19NO9/c1-4(10(17)18)20-9-7(12-6(15)3-14)11(19)21-5(2-13)8(9)16/h4-5,7-9,11,13-14,16,19H,2-3H2,1H3,(H,12,15)(H,17,18)/t4-,5-,7-,8-,9-,11?/m1/s1. The average Bonchev–Trinajstić information content (AvgIpc) is 2.45. The molecule has 0 saturated carbocycles. The fraction of sp³-hybridized carbons (Fsp3) is 0.818. The molecule has 1 aliphatic heterocycles. The van der Waals surface area contributed by atoms with Gasteiger partial charge < -0.3 is 40.3 Å². The number of aliphatic carboxylic acids is 1. The van der Waals surface area contributed by atoms with E-state index >= 15 is 0 Å². The summed E-state index contributed by atoms with van der Waals surface area (Å²) in [4.78, 5) is 22.0. The van der Waals surface area contributed by atoms with Crippen LogP contribution in [-0.4, -0.2) is 87.4 Å². The number of carboxylic acids is 1. The van der Waals surface area contributed by atoms with Gasteiger partial charge in [0.25, 0.3) is 0 Å². The molecule has 21 heavy (non-hydrogen) atoms. The third kappa shape index (κ3) is 4.33. The molecule has 6 atom stereocenters. The van der Waals surface area contributed by atoms with Crippen molar-refractivity contribution in [2.24, 2.45) is 0 Å². The summed E-state index contributed by atoms with van der Waals surface area (Å²) in [6.45, 7) is -0.306. The van der Waals surface area contributed by atoms with Gasteiger partial charge in [0.2, 0.25) is 5.91 Å². The Labute approximate surface area is 119 Å². The summed E-state index contributed by atoms with van der Waals surface area (Å²) in [5, 5.41) is 48.5. The highest BCUT2D eigenvalue weighted by Crippen LogP contribution is 2.23. The van der Waals surface area contributed by atoms with Crippen molar-refractivity contribution in [3.63, 3.8) is 0 Å². The molecular weight excluding hydrogens is 290 g/mol. The van der Waals surface area contributed by atoms with Crippen LogP contribution in [0.1, 0.15) is 6.92 Å². The van der Waals surface area contributed by atoms with Gasteiger partial charge in [-0.15, -0.1) is 0 Å². The van der Waals surface area contributed by atoms with Crippen LogP contribution in [0.2, 0.25) is 0 Å². The van der Waals surface area contributed by atoms with Gasteiger partial charge in [-0.3, -0.25) is 4.79 Å². The van der Waals surface area contributed by atoms with Gasteiger partial charge in [0.1, 0.15) is 31.0 Å². The van der Waals surface area contributed by atoms with E-state index < -0.39 is 61.8 Å². The number of ether oxygens (including phenoxy) is 2. The number of carbonyl (C=O) groups excluding carboxylic acids is 1. The fourth-order valence-electron chi connectivity index (χ4n) is 1.93. The van der Waals surface area contributed by atoms with E-state index in [1.165, 1.54) is 6.92 Å². The summed E-state index contributed by atoms with van der Waals surface area (Å²) in [5.41, 5.74) is 0. The highest BCUT2D eigenvalue weighted by atomic mass is 16.6. The van der Waals surface area contributed by atoms with Crippen molar-refractivity contribution in [2.45, 2.75) is 43.7 Å². The predicted octanol–water partition coefficient (Wildman–Crippen LogP) is -3.61. The minimum atomic E-state index is -1.65. The van der Waals surface area contributed by atoms with E-state index in [9.17, 15) is 19.8 Å². The zero-order chi connectivity index (χ0) is 16.2. The van der Waals surface area contributed by atoms with Gasteiger partial charge in [0.15, 0.2) is 12.4 Å². The van der Waals surface area contributed by atoms with Gasteiger partial charge in [0, 0.05) is 0 Å². The van der Waals surface area contributed by atoms with Crippen molar-refractivity contribution in [1.29, 1.82) is 0 Å². The Kier molecular flexibility index (Phi) is 6.45. The third-order valence-corrected chi connectivity index (χ3v) is 3.05. The van der Waals surface area contributed by atoms with Gasteiger partial charge >= 0.3 is 5.97 Å². The maximum Gasteiger partial charge on any atom is 0.332 e. The quantitative estimate of drug-likeness (QED) is 0.290. The maximum absolute atomic E-state index is 11.2. The number of hydrogen-bond donors (Lipinski definition) is 6. The molecule has 0 spiro atoms. The molecule has 1 saturated heterocycles. The van der Waals surface area contributed by atoms with E-state index in [-0.39, 0.29) is 0 Å². The van der Waals surface area contributed by atoms with Crippen molar-refractivity contribution >= 4 is 11.9 Å². The number of nitrogens with one attached hydrogen (secondary N) is 1. The Bertz CT molecular complexity index is 377. The summed E-state index contributed by atoms with van der Waals surface area (Å²) < 4.78 is 10.0. The Hall–Kier alpha value is -1.30. The molecule has 0 radical (unpaired) electrons. The van der Waals surface area contributed by atoms with Crippen LogP contribution >= 0.6 is 0 Å². The number of rotatable bonds is 6. The van der Waals surface area contributed by atoms with Gasteiger partial charge in [0.05, 0.1) is 6.61 Å². The second kappa shape index (κ2) is 7.64. The van der Waals surface area contributed by atoms with Crippen LogP contribution < -0.4 is 5.32 Å². The molecule has 0 aromatic heterocycles. The van der Waals surface area contributed by atoms with Crippen molar-refractivity contribution in [2.75, 3.05) is 13.2 Å². The van der Waals surface area contributed by atoms with E-state index in [1.807, 2.05) is 0 Å². The average molecular weight is 309 g/mol. The highest BCUT2D eigenvalue weighted by Gasteiger charge is 2.47. The molecule has 0 bridgehead atoms. The minimum absolute atomic E-state index is 0.639. The zero-order valence-electron chi connectivity index (χ0n) is 11.2. The first kappa shape index (κ1) is 17.8. The number of hydrogen-bond acceptors (Lipinski definition) is 8. The molecule has 10 nitrogen and oxygen atoms in total. The van der Waals surface area contributed by atoms with Crippen molar-refractivity contribution < 1.29 is 44.6 Å². The lowest BCUT2D eigenvalue weighted by Crippen LogP contribution is -2.65. The van der Waals surface area contributed by atoms with E-state index in [1.54, 1.807) is 0 Å². The Balaban J connectivity index is 2.93. The molecule has 1 rings (SSSR count). The smallest absolute Gasteiger partial charge is 0.332 e. The monoisotopic (exact) mass is 309 g/mol. The van der Waals surface area contributed by atoms with Gasteiger partial charge in [-0.1, -0.05) is 0 Å². The third-order valence-electron chi connectivity index (χ3n) is 3.05. The van der Waals surface area contributed by atoms with E-state index in [4.69, 9.17) is 24.8 Å². The summed E-state index contributed by atoms with van der Waals surface area (Å²) >= 11 is 0. The Morgan fingerprint density at radius 2 is 1.95 bits per heavy atom. The van der Waals surface area contributed by atoms with E-state index in [0.717, 1.165) is 0 Å². The molecule has 0 aliphatic carbocycles. The summed E-state index contributed by atoms with van der Waals surface area (Å²) in [6.07, 6.45) is -7.00. The van der Waals surface area contributed by atoms with Crippen molar-refractivity contribution in [3.8, 4) is 0 Å². The largest absolute Gasteiger partial charge is 0.479 e. The van der Waals surface area contributed by atoms with Gasteiger partial charge in [-0.25, -0.2) is 4.79 Å². The zero-order valence-corrected chi connectivity index (χ0v) is 11.2. The number of carboxylic acid groups (broad SMARTS) is 1. The first-order valence-corrected chi connectivity index (χ1v) is 6.22. The molecule has 122 valence electrons. The molecule has 6 N–H and O–H groups in total. The van der Waals surface area contributed by atoms with E-state index in [0.29, 0.717) is 0 Å². The lowest BCUT2D eigenvalue weighted by atomic mass is 9.96. The molecule has 1 amide bonds. The first-order chi connectivity index (χ1) is 9.81. The summed E-state index contributed by atoms with van der Waals surface area (Å²) in [6, 6.07) is -1.30.